The molecule has 0 aliphatic carbocycles. The summed E-state index contributed by atoms with van der Waals surface area (Å²) in [6, 6.07) is 8.54. The quantitative estimate of drug-likeness (QED) is 0.553. The van der Waals surface area contributed by atoms with Gasteiger partial charge in [-0.1, -0.05) is 31.2 Å². The highest BCUT2D eigenvalue weighted by atomic mass is 16.5. The van der Waals surface area contributed by atoms with Crippen LogP contribution in [0.15, 0.2) is 24.3 Å². The van der Waals surface area contributed by atoms with Gasteiger partial charge < -0.3 is 4.74 Å². The molecule has 0 amide bonds. The van der Waals surface area contributed by atoms with Gasteiger partial charge in [0.25, 0.3) is 0 Å². The normalized spacial score (nSPS) is 12.7. The average molecular weight is 208 g/mol. The zero-order valence-electron chi connectivity index (χ0n) is 9.49. The molecule has 1 unspecified atom stereocenters. The van der Waals surface area contributed by atoms with Gasteiger partial charge in [-0.15, -0.1) is 0 Å². The number of nitrogens with one attached hydrogen (secondary N) is 1. The van der Waals surface area contributed by atoms with E-state index in [1.54, 1.807) is 0 Å². The van der Waals surface area contributed by atoms with Crippen LogP contribution in [-0.2, 0) is 11.2 Å². The first-order valence-electron chi connectivity index (χ1n) is 5.44. The number of nitrogens with two attached hydrogens (primary N) is 1. The zero-order valence-corrected chi connectivity index (χ0v) is 9.49. The van der Waals surface area contributed by atoms with Crippen molar-refractivity contribution in [2.24, 2.45) is 5.84 Å². The topological polar surface area (TPSA) is 47.3 Å². The molecule has 1 atom stereocenters. The molecule has 1 rings (SSSR count). The van der Waals surface area contributed by atoms with E-state index < -0.39 is 0 Å². The number of rotatable bonds is 6. The third-order valence-corrected chi connectivity index (χ3v) is 2.48. The van der Waals surface area contributed by atoms with E-state index in [0.717, 1.165) is 6.42 Å². The Morgan fingerprint density at radius 3 is 2.40 bits per heavy atom. The molecular formula is C12H20N2O. The third-order valence-electron chi connectivity index (χ3n) is 2.48. The standard InChI is InChI=1S/C12H20N2O/c1-3-10-5-7-11(8-6-10)12(14-13)9-15-4-2/h5-8,12,14H,3-4,9,13H2,1-2H3. The Morgan fingerprint density at radius 2 is 1.93 bits per heavy atom. The van der Waals surface area contributed by atoms with E-state index in [-0.39, 0.29) is 6.04 Å². The Balaban J connectivity index is 2.65. The van der Waals surface area contributed by atoms with E-state index in [1.807, 2.05) is 6.92 Å². The summed E-state index contributed by atoms with van der Waals surface area (Å²) in [5, 5.41) is 0. The lowest BCUT2D eigenvalue weighted by Crippen LogP contribution is -2.31. The van der Waals surface area contributed by atoms with Gasteiger partial charge in [0.2, 0.25) is 0 Å². The Kier molecular flexibility index (Phi) is 5.32. The van der Waals surface area contributed by atoms with Crippen LogP contribution in [-0.4, -0.2) is 13.2 Å². The van der Waals surface area contributed by atoms with Gasteiger partial charge in [-0.05, 0) is 24.5 Å². The van der Waals surface area contributed by atoms with Crippen LogP contribution in [0.3, 0.4) is 0 Å². The van der Waals surface area contributed by atoms with Gasteiger partial charge in [0.15, 0.2) is 0 Å². The first-order valence-corrected chi connectivity index (χ1v) is 5.44. The predicted molar refractivity (Wildman–Crippen MR) is 62.4 cm³/mol. The van der Waals surface area contributed by atoms with Crippen LogP contribution in [0.4, 0.5) is 0 Å². The van der Waals surface area contributed by atoms with Gasteiger partial charge in [0.1, 0.15) is 0 Å². The summed E-state index contributed by atoms with van der Waals surface area (Å²) in [7, 11) is 0. The van der Waals surface area contributed by atoms with Crippen molar-refractivity contribution < 1.29 is 4.74 Å². The second kappa shape index (κ2) is 6.56. The Bertz CT molecular complexity index is 271. The van der Waals surface area contributed by atoms with Crippen molar-refractivity contribution in [3.05, 3.63) is 35.4 Å². The Hall–Kier alpha value is -0.900. The van der Waals surface area contributed by atoms with Crippen LogP contribution in [0.25, 0.3) is 0 Å². The fourth-order valence-electron chi connectivity index (χ4n) is 1.46. The Morgan fingerprint density at radius 1 is 1.27 bits per heavy atom. The molecule has 0 aromatic heterocycles. The predicted octanol–water partition coefficient (Wildman–Crippen LogP) is 1.79. The number of benzene rings is 1. The SMILES string of the molecule is CCOCC(NN)c1ccc(CC)cc1. The van der Waals surface area contributed by atoms with Crippen molar-refractivity contribution in [3.8, 4) is 0 Å². The molecule has 3 nitrogen and oxygen atoms in total. The highest BCUT2D eigenvalue weighted by Gasteiger charge is 2.08. The monoisotopic (exact) mass is 208 g/mol. The average Bonchev–Trinajstić information content (AvgIpc) is 2.31. The molecule has 15 heavy (non-hydrogen) atoms. The lowest BCUT2D eigenvalue weighted by molar-refractivity contribution is 0.123. The van der Waals surface area contributed by atoms with Crippen molar-refractivity contribution >= 4 is 0 Å². The number of aryl methyl sites for hydroxylation is 1. The summed E-state index contributed by atoms with van der Waals surface area (Å²) in [6.07, 6.45) is 1.06. The molecule has 0 aliphatic rings. The molecule has 0 fully saturated rings. The molecule has 0 radical (unpaired) electrons. The number of hydrogen-bond acceptors (Lipinski definition) is 3. The molecule has 3 N–H and O–H groups in total. The number of ether oxygens (including phenoxy) is 1. The minimum Gasteiger partial charge on any atom is -0.380 e. The minimum absolute atomic E-state index is 0.0795. The molecule has 0 aliphatic heterocycles. The first-order chi connectivity index (χ1) is 7.31. The lowest BCUT2D eigenvalue weighted by Gasteiger charge is -2.16. The van der Waals surface area contributed by atoms with Crippen molar-refractivity contribution in [1.82, 2.24) is 5.43 Å². The molecule has 3 heteroatoms. The molecule has 0 spiro atoms. The molecular weight excluding hydrogens is 188 g/mol. The van der Waals surface area contributed by atoms with E-state index in [1.165, 1.54) is 11.1 Å². The maximum absolute atomic E-state index is 5.49. The second-order valence-electron chi connectivity index (χ2n) is 3.47. The van der Waals surface area contributed by atoms with E-state index in [4.69, 9.17) is 10.6 Å². The van der Waals surface area contributed by atoms with Gasteiger partial charge in [-0.3, -0.25) is 11.3 Å². The molecule has 1 aromatic carbocycles. The van der Waals surface area contributed by atoms with Crippen LogP contribution < -0.4 is 11.3 Å². The van der Waals surface area contributed by atoms with Crippen LogP contribution in [0, 0.1) is 0 Å². The summed E-state index contributed by atoms with van der Waals surface area (Å²) >= 11 is 0. The van der Waals surface area contributed by atoms with E-state index in [2.05, 4.69) is 36.6 Å². The van der Waals surface area contributed by atoms with E-state index in [9.17, 15) is 0 Å². The summed E-state index contributed by atoms with van der Waals surface area (Å²) in [5.74, 6) is 5.49. The van der Waals surface area contributed by atoms with E-state index >= 15 is 0 Å². The largest absolute Gasteiger partial charge is 0.380 e. The van der Waals surface area contributed by atoms with E-state index in [0.29, 0.717) is 13.2 Å². The maximum Gasteiger partial charge on any atom is 0.0693 e. The van der Waals surface area contributed by atoms with Crippen LogP contribution >= 0.6 is 0 Å². The van der Waals surface area contributed by atoms with Gasteiger partial charge in [0.05, 0.1) is 12.6 Å². The minimum atomic E-state index is 0.0795. The zero-order chi connectivity index (χ0) is 11.1. The van der Waals surface area contributed by atoms with Gasteiger partial charge >= 0.3 is 0 Å². The highest BCUT2D eigenvalue weighted by Crippen LogP contribution is 2.13. The third kappa shape index (κ3) is 3.63. The molecule has 0 saturated heterocycles. The first kappa shape index (κ1) is 12.2. The molecule has 84 valence electrons. The van der Waals surface area contributed by atoms with Gasteiger partial charge in [-0.25, -0.2) is 0 Å². The van der Waals surface area contributed by atoms with Crippen molar-refractivity contribution in [3.63, 3.8) is 0 Å². The summed E-state index contributed by atoms with van der Waals surface area (Å²) in [6.45, 7) is 5.45. The summed E-state index contributed by atoms with van der Waals surface area (Å²) in [5.41, 5.74) is 5.27. The van der Waals surface area contributed by atoms with Gasteiger partial charge in [-0.2, -0.15) is 0 Å². The van der Waals surface area contributed by atoms with Crippen LogP contribution in [0.5, 0.6) is 0 Å². The van der Waals surface area contributed by atoms with Crippen LogP contribution in [0.1, 0.15) is 31.0 Å². The van der Waals surface area contributed by atoms with Crippen molar-refractivity contribution in [2.75, 3.05) is 13.2 Å². The Labute approximate surface area is 91.6 Å². The lowest BCUT2D eigenvalue weighted by atomic mass is 10.0. The number of hydrazine groups is 1. The summed E-state index contributed by atoms with van der Waals surface area (Å²) < 4.78 is 5.36. The smallest absolute Gasteiger partial charge is 0.0693 e. The van der Waals surface area contributed by atoms with Crippen molar-refractivity contribution in [2.45, 2.75) is 26.3 Å². The van der Waals surface area contributed by atoms with Crippen molar-refractivity contribution in [1.29, 1.82) is 0 Å². The molecule has 0 saturated carbocycles. The molecule has 1 aromatic rings. The fraction of sp³-hybridized carbons (Fsp3) is 0.500. The highest BCUT2D eigenvalue weighted by molar-refractivity contribution is 5.25. The maximum atomic E-state index is 5.49. The summed E-state index contributed by atoms with van der Waals surface area (Å²) in [4.78, 5) is 0. The number of hydrogen-bond donors (Lipinski definition) is 2. The second-order valence-corrected chi connectivity index (χ2v) is 3.47. The molecule has 0 heterocycles. The molecule has 0 bridgehead atoms. The fourth-order valence-corrected chi connectivity index (χ4v) is 1.46. The van der Waals surface area contributed by atoms with Gasteiger partial charge in [0, 0.05) is 6.61 Å². The van der Waals surface area contributed by atoms with Crippen LogP contribution in [0.2, 0.25) is 0 Å².